The van der Waals surface area contributed by atoms with E-state index in [4.69, 9.17) is 5.26 Å². The fourth-order valence-corrected chi connectivity index (χ4v) is 4.95. The van der Waals surface area contributed by atoms with Crippen LogP contribution in [0.4, 0.5) is 11.4 Å². The Kier molecular flexibility index (Phi) is 6.54. The van der Waals surface area contributed by atoms with Crippen molar-refractivity contribution in [2.45, 2.75) is 6.04 Å². The molecule has 1 fully saturated rings. The molecule has 0 aliphatic carbocycles. The number of carbonyl (C=O) groups excluding carboxylic acids is 3. The van der Waals surface area contributed by atoms with Crippen molar-refractivity contribution in [3.8, 4) is 6.07 Å². The van der Waals surface area contributed by atoms with Gasteiger partial charge in [-0.05, 0) is 60.0 Å². The molecule has 2 aromatic carbocycles. The van der Waals surface area contributed by atoms with Gasteiger partial charge in [-0.2, -0.15) is 5.26 Å². The summed E-state index contributed by atoms with van der Waals surface area (Å²) in [4.78, 5) is 40.1. The summed E-state index contributed by atoms with van der Waals surface area (Å²) in [5, 5.41) is 16.3. The highest BCUT2D eigenvalue weighted by Crippen LogP contribution is 2.25. The van der Waals surface area contributed by atoms with Crippen molar-refractivity contribution in [2.24, 2.45) is 0 Å². The molecule has 2 heterocycles. The summed E-state index contributed by atoms with van der Waals surface area (Å²) >= 11 is 2.87. The maximum absolute atomic E-state index is 13.0. The second-order valence-electron chi connectivity index (χ2n) is 6.98. The molecule has 1 aliphatic heterocycles. The molecule has 32 heavy (non-hydrogen) atoms. The number of thioether (sulfide) groups is 1. The van der Waals surface area contributed by atoms with Crippen molar-refractivity contribution in [1.29, 1.82) is 5.26 Å². The minimum atomic E-state index is -0.596. The molecule has 4 rings (SSSR count). The van der Waals surface area contributed by atoms with E-state index in [9.17, 15) is 14.4 Å². The highest BCUT2D eigenvalue weighted by molar-refractivity contribution is 7.99. The minimum absolute atomic E-state index is 0.199. The molecule has 0 bridgehead atoms. The first kappa shape index (κ1) is 21.6. The number of amides is 3. The van der Waals surface area contributed by atoms with Gasteiger partial charge in [0, 0.05) is 22.7 Å². The number of nitrogens with zero attached hydrogens (tertiary/aromatic N) is 2. The van der Waals surface area contributed by atoms with Crippen LogP contribution in [-0.2, 0) is 4.79 Å². The smallest absolute Gasteiger partial charge is 0.265 e. The van der Waals surface area contributed by atoms with Gasteiger partial charge in [0.15, 0.2) is 0 Å². The second kappa shape index (κ2) is 9.68. The number of hydrogen-bond acceptors (Lipinski definition) is 6. The molecule has 1 aromatic heterocycles. The highest BCUT2D eigenvalue weighted by atomic mass is 32.2. The first-order valence-electron chi connectivity index (χ1n) is 9.70. The number of rotatable bonds is 5. The normalized spacial score (nSPS) is 15.1. The molecule has 7 nitrogen and oxygen atoms in total. The van der Waals surface area contributed by atoms with Gasteiger partial charge >= 0.3 is 0 Å². The largest absolute Gasteiger partial charge is 0.324 e. The molecule has 160 valence electrons. The van der Waals surface area contributed by atoms with Gasteiger partial charge in [0.25, 0.3) is 11.8 Å². The monoisotopic (exact) mass is 462 g/mol. The van der Waals surface area contributed by atoms with E-state index < -0.39 is 6.04 Å². The Hall–Kier alpha value is -3.61. The van der Waals surface area contributed by atoms with Crippen molar-refractivity contribution in [1.82, 2.24) is 4.90 Å². The standard InChI is InChI=1S/C23H18N4O3S2/c24-12-15-3-7-17(8-4-15)25-21(28)19-13-31-14-27(19)23(30)16-5-9-18(10-6-16)26-22(29)20-2-1-11-32-20/h1-11,19H,13-14H2,(H,25,28)(H,26,29). The summed E-state index contributed by atoms with van der Waals surface area (Å²) in [7, 11) is 0. The maximum Gasteiger partial charge on any atom is 0.265 e. The van der Waals surface area contributed by atoms with Crippen LogP contribution < -0.4 is 10.6 Å². The van der Waals surface area contributed by atoms with E-state index in [2.05, 4.69) is 10.6 Å². The van der Waals surface area contributed by atoms with Crippen molar-refractivity contribution in [3.63, 3.8) is 0 Å². The van der Waals surface area contributed by atoms with Gasteiger partial charge in [-0.1, -0.05) is 6.07 Å². The van der Waals surface area contributed by atoms with Crippen LogP contribution in [0.5, 0.6) is 0 Å². The maximum atomic E-state index is 13.0. The van der Waals surface area contributed by atoms with Gasteiger partial charge < -0.3 is 15.5 Å². The van der Waals surface area contributed by atoms with Crippen LogP contribution >= 0.6 is 23.1 Å². The molecule has 1 unspecified atom stereocenters. The van der Waals surface area contributed by atoms with Gasteiger partial charge in [-0.15, -0.1) is 23.1 Å². The van der Waals surface area contributed by atoms with Gasteiger partial charge in [0.2, 0.25) is 5.91 Å². The topological polar surface area (TPSA) is 102 Å². The van der Waals surface area contributed by atoms with Crippen LogP contribution in [0.1, 0.15) is 25.6 Å². The van der Waals surface area contributed by atoms with E-state index >= 15 is 0 Å². The van der Waals surface area contributed by atoms with Crippen LogP contribution in [0.15, 0.2) is 66.0 Å². The molecule has 1 atom stereocenters. The molecule has 1 saturated heterocycles. The molecule has 3 aromatic rings. The summed E-state index contributed by atoms with van der Waals surface area (Å²) < 4.78 is 0. The molecule has 0 spiro atoms. The van der Waals surface area contributed by atoms with Crippen molar-refractivity contribution < 1.29 is 14.4 Å². The van der Waals surface area contributed by atoms with E-state index in [0.29, 0.717) is 39.0 Å². The number of benzene rings is 2. The summed E-state index contributed by atoms with van der Waals surface area (Å²) in [5.74, 6) is 0.206. The van der Waals surface area contributed by atoms with E-state index in [1.807, 2.05) is 17.5 Å². The first-order valence-corrected chi connectivity index (χ1v) is 11.7. The molecule has 2 N–H and O–H groups in total. The fraction of sp³-hybridized carbons (Fsp3) is 0.130. The zero-order valence-electron chi connectivity index (χ0n) is 16.8. The van der Waals surface area contributed by atoms with Crippen LogP contribution in [0.3, 0.4) is 0 Å². The molecular formula is C23H18N4O3S2. The van der Waals surface area contributed by atoms with Crippen LogP contribution in [0.2, 0.25) is 0 Å². The van der Waals surface area contributed by atoms with E-state index in [-0.39, 0.29) is 17.7 Å². The number of thiophene rings is 1. The van der Waals surface area contributed by atoms with Gasteiger partial charge in [-0.3, -0.25) is 14.4 Å². The lowest BCUT2D eigenvalue weighted by atomic mass is 10.1. The van der Waals surface area contributed by atoms with Gasteiger partial charge in [0.1, 0.15) is 6.04 Å². The highest BCUT2D eigenvalue weighted by Gasteiger charge is 2.35. The number of anilines is 2. The van der Waals surface area contributed by atoms with Gasteiger partial charge in [-0.25, -0.2) is 0 Å². The third-order valence-electron chi connectivity index (χ3n) is 4.86. The Morgan fingerprint density at radius 2 is 1.66 bits per heavy atom. The third-order valence-corrected chi connectivity index (χ3v) is 6.74. The number of nitriles is 1. The SMILES string of the molecule is N#Cc1ccc(NC(=O)C2CSCN2C(=O)c2ccc(NC(=O)c3cccs3)cc2)cc1. The lowest BCUT2D eigenvalue weighted by Gasteiger charge is -2.23. The average Bonchev–Trinajstić information content (AvgIpc) is 3.52. The zero-order chi connectivity index (χ0) is 22.5. The lowest BCUT2D eigenvalue weighted by molar-refractivity contribution is -0.119. The molecule has 1 aliphatic rings. The van der Waals surface area contributed by atoms with Crippen LogP contribution in [-0.4, -0.2) is 40.3 Å². The summed E-state index contributed by atoms with van der Waals surface area (Å²) in [6, 6.07) is 18.2. The Morgan fingerprint density at radius 3 is 2.31 bits per heavy atom. The van der Waals surface area contributed by atoms with E-state index in [1.165, 1.54) is 23.1 Å². The molecule has 0 radical (unpaired) electrons. The Morgan fingerprint density at radius 1 is 0.969 bits per heavy atom. The fourth-order valence-electron chi connectivity index (χ4n) is 3.18. The predicted molar refractivity (Wildman–Crippen MR) is 126 cm³/mol. The number of carbonyl (C=O) groups is 3. The first-order chi connectivity index (χ1) is 15.5. The van der Waals surface area contributed by atoms with Crippen LogP contribution in [0.25, 0.3) is 0 Å². The predicted octanol–water partition coefficient (Wildman–Crippen LogP) is 4.03. The molecule has 9 heteroatoms. The Bertz CT molecular complexity index is 1170. The average molecular weight is 463 g/mol. The summed E-state index contributed by atoms with van der Waals surface area (Å²) in [5.41, 5.74) is 2.11. The van der Waals surface area contributed by atoms with Crippen LogP contribution in [0, 0.1) is 11.3 Å². The minimum Gasteiger partial charge on any atom is -0.324 e. The zero-order valence-corrected chi connectivity index (χ0v) is 18.4. The Labute approximate surface area is 193 Å². The van der Waals surface area contributed by atoms with Gasteiger partial charge in [0.05, 0.1) is 22.4 Å². The van der Waals surface area contributed by atoms with Crippen molar-refractivity contribution >= 4 is 52.2 Å². The van der Waals surface area contributed by atoms with E-state index in [0.717, 1.165) is 0 Å². The lowest BCUT2D eigenvalue weighted by Crippen LogP contribution is -2.44. The second-order valence-corrected chi connectivity index (χ2v) is 8.93. The molecule has 3 amide bonds. The Balaban J connectivity index is 1.40. The summed E-state index contributed by atoms with van der Waals surface area (Å²) in [6.45, 7) is 0. The quantitative estimate of drug-likeness (QED) is 0.596. The third kappa shape index (κ3) is 4.82. The summed E-state index contributed by atoms with van der Waals surface area (Å²) in [6.07, 6.45) is 0. The molecular weight excluding hydrogens is 444 g/mol. The van der Waals surface area contributed by atoms with E-state index in [1.54, 1.807) is 59.5 Å². The number of nitrogens with one attached hydrogen (secondary N) is 2. The van der Waals surface area contributed by atoms with Crippen molar-refractivity contribution in [3.05, 3.63) is 82.0 Å². The number of hydrogen-bond donors (Lipinski definition) is 2. The molecule has 0 saturated carbocycles. The van der Waals surface area contributed by atoms with Crippen molar-refractivity contribution in [2.75, 3.05) is 22.3 Å².